The van der Waals surface area contributed by atoms with Crippen LogP contribution in [0.4, 0.5) is 4.39 Å². The third kappa shape index (κ3) is 4.75. The fourth-order valence-electron chi connectivity index (χ4n) is 6.32. The van der Waals surface area contributed by atoms with Crippen molar-refractivity contribution in [2.24, 2.45) is 17.3 Å². The van der Waals surface area contributed by atoms with Crippen LogP contribution in [0.25, 0.3) is 10.9 Å². The van der Waals surface area contributed by atoms with E-state index in [0.717, 1.165) is 42.5 Å². The number of benzene rings is 2. The van der Waals surface area contributed by atoms with E-state index >= 15 is 4.39 Å². The molecule has 2 aliphatic carbocycles. The highest BCUT2D eigenvalue weighted by Crippen LogP contribution is 2.51. The fourth-order valence-corrected chi connectivity index (χ4v) is 6.32. The highest BCUT2D eigenvalue weighted by molar-refractivity contribution is 5.86. The zero-order valence-electron chi connectivity index (χ0n) is 21.8. The van der Waals surface area contributed by atoms with Crippen molar-refractivity contribution < 1.29 is 14.0 Å². The van der Waals surface area contributed by atoms with Gasteiger partial charge in [-0.25, -0.2) is 4.39 Å². The monoisotopic (exact) mass is 514 g/mol. The van der Waals surface area contributed by atoms with Crippen molar-refractivity contribution in [2.45, 2.75) is 44.8 Å². The van der Waals surface area contributed by atoms with Crippen LogP contribution in [0.1, 0.15) is 36.8 Å². The lowest BCUT2D eigenvalue weighted by Crippen LogP contribution is -2.50. The van der Waals surface area contributed by atoms with E-state index in [1.807, 2.05) is 35.4 Å². The lowest BCUT2D eigenvalue weighted by molar-refractivity contribution is -0.141. The first-order valence-corrected chi connectivity index (χ1v) is 13.7. The Kier molecular flexibility index (Phi) is 6.56. The molecule has 1 aliphatic heterocycles. The number of rotatable bonds is 9. The van der Waals surface area contributed by atoms with Crippen molar-refractivity contribution in [1.29, 1.82) is 0 Å². The van der Waals surface area contributed by atoms with Crippen molar-refractivity contribution in [3.05, 3.63) is 83.8 Å². The average Bonchev–Trinajstić information content (AvgIpc) is 3.87. The summed E-state index contributed by atoms with van der Waals surface area (Å²) in [5.41, 5.74) is 2.52. The molecule has 1 saturated carbocycles. The first-order valence-electron chi connectivity index (χ1n) is 13.7. The summed E-state index contributed by atoms with van der Waals surface area (Å²) >= 11 is 0. The maximum atomic E-state index is 15.2. The molecule has 0 radical (unpaired) electrons. The van der Waals surface area contributed by atoms with Gasteiger partial charge in [0, 0.05) is 56.1 Å². The zero-order chi connectivity index (χ0) is 26.3. The molecule has 6 rings (SSSR count). The molecule has 6 nitrogen and oxygen atoms in total. The number of nitrogens with one attached hydrogen (secondary N) is 2. The quantitative estimate of drug-likeness (QED) is 0.420. The molecule has 2 heterocycles. The average molecular weight is 515 g/mol. The summed E-state index contributed by atoms with van der Waals surface area (Å²) in [5, 5.41) is 6.76. The lowest BCUT2D eigenvalue weighted by Gasteiger charge is -2.39. The van der Waals surface area contributed by atoms with Crippen molar-refractivity contribution in [3.8, 4) is 0 Å². The van der Waals surface area contributed by atoms with Gasteiger partial charge >= 0.3 is 0 Å². The van der Waals surface area contributed by atoms with Crippen molar-refractivity contribution in [1.82, 2.24) is 20.1 Å². The molecule has 1 saturated heterocycles. The molecule has 0 spiro atoms. The summed E-state index contributed by atoms with van der Waals surface area (Å²) in [6.07, 6.45) is 9.42. The summed E-state index contributed by atoms with van der Waals surface area (Å²) in [6.45, 7) is 2.48. The van der Waals surface area contributed by atoms with Crippen LogP contribution in [0.3, 0.4) is 0 Å². The standard InChI is InChI=1S/C31H35FN4O2/c1-33-28(37)16-31(13-14-31)25-12-15-34-17-24(25)30(38)36(23-10-11-23)20-22-19-35(18-21-6-3-2-4-7-21)27-9-5-8-26(32)29(22)27/h2-9,13-14,19,23-25,34H,10-12,15-18,20H2,1H3,(H,33,37)/t24-,25-/m0/s1. The molecule has 2 amide bonds. The van der Waals surface area contributed by atoms with Gasteiger partial charge in [-0.3, -0.25) is 9.59 Å². The maximum Gasteiger partial charge on any atom is 0.227 e. The van der Waals surface area contributed by atoms with Gasteiger partial charge < -0.3 is 20.1 Å². The van der Waals surface area contributed by atoms with E-state index in [4.69, 9.17) is 0 Å². The van der Waals surface area contributed by atoms with Gasteiger partial charge in [0.05, 0.1) is 11.4 Å². The fraction of sp³-hybridized carbons (Fsp3) is 0.419. The van der Waals surface area contributed by atoms with Crippen LogP contribution in [-0.4, -0.2) is 47.5 Å². The van der Waals surface area contributed by atoms with Gasteiger partial charge in [-0.2, -0.15) is 0 Å². The third-order valence-corrected chi connectivity index (χ3v) is 8.57. The molecule has 3 aromatic rings. The van der Waals surface area contributed by atoms with Gasteiger partial charge in [0.15, 0.2) is 0 Å². The molecule has 2 aromatic carbocycles. The zero-order valence-corrected chi connectivity index (χ0v) is 21.8. The Balaban J connectivity index is 1.29. The van der Waals surface area contributed by atoms with E-state index in [9.17, 15) is 9.59 Å². The van der Waals surface area contributed by atoms with Gasteiger partial charge in [-0.15, -0.1) is 0 Å². The van der Waals surface area contributed by atoms with Gasteiger partial charge in [0.2, 0.25) is 11.8 Å². The van der Waals surface area contributed by atoms with E-state index in [2.05, 4.69) is 39.5 Å². The number of aromatic nitrogens is 1. The minimum atomic E-state index is -0.310. The molecule has 3 aliphatic rings. The van der Waals surface area contributed by atoms with E-state index in [1.165, 1.54) is 6.07 Å². The van der Waals surface area contributed by atoms with Crippen LogP contribution in [0, 0.1) is 23.1 Å². The van der Waals surface area contributed by atoms with Crippen LogP contribution in [-0.2, 0) is 22.7 Å². The SMILES string of the molecule is CNC(=O)CC1([C@H]2CCNC[C@@H]2C(=O)N(Cc2cn(Cc3ccccc3)c3cccc(F)c23)C2CC2)C=C1. The van der Waals surface area contributed by atoms with E-state index in [1.54, 1.807) is 13.1 Å². The van der Waals surface area contributed by atoms with Crippen molar-refractivity contribution in [3.63, 3.8) is 0 Å². The normalized spacial score (nSPS) is 21.8. The highest BCUT2D eigenvalue weighted by Gasteiger charge is 2.51. The Morgan fingerprint density at radius 3 is 2.61 bits per heavy atom. The molecular formula is C31H35FN4O2. The number of hydrogen-bond donors (Lipinski definition) is 2. The number of hydrogen-bond acceptors (Lipinski definition) is 3. The number of allylic oxidation sites excluding steroid dienone is 2. The molecule has 0 unspecified atom stereocenters. The Morgan fingerprint density at radius 1 is 1.11 bits per heavy atom. The van der Waals surface area contributed by atoms with Crippen LogP contribution in [0.15, 0.2) is 66.9 Å². The number of fused-ring (bicyclic) bond motifs is 1. The Hall–Kier alpha value is -3.45. The van der Waals surface area contributed by atoms with Crippen LogP contribution < -0.4 is 10.6 Å². The molecule has 7 heteroatoms. The van der Waals surface area contributed by atoms with Crippen molar-refractivity contribution >= 4 is 22.7 Å². The van der Waals surface area contributed by atoms with Crippen LogP contribution in [0.2, 0.25) is 0 Å². The first-order chi connectivity index (χ1) is 18.5. The second kappa shape index (κ2) is 10.0. The third-order valence-electron chi connectivity index (χ3n) is 8.57. The molecule has 38 heavy (non-hydrogen) atoms. The predicted molar refractivity (Wildman–Crippen MR) is 146 cm³/mol. The summed E-state index contributed by atoms with van der Waals surface area (Å²) in [4.78, 5) is 28.5. The number of carbonyl (C=O) groups is 2. The minimum absolute atomic E-state index is 0.000446. The van der Waals surface area contributed by atoms with Crippen molar-refractivity contribution in [2.75, 3.05) is 20.1 Å². The number of nitrogens with zero attached hydrogens (tertiary/aromatic N) is 2. The van der Waals surface area contributed by atoms with E-state index < -0.39 is 0 Å². The van der Waals surface area contributed by atoms with E-state index in [-0.39, 0.29) is 40.9 Å². The lowest BCUT2D eigenvalue weighted by atomic mass is 9.71. The molecule has 2 atom stereocenters. The molecule has 2 fully saturated rings. The Bertz CT molecular complexity index is 1370. The largest absolute Gasteiger partial charge is 0.359 e. The molecule has 1 aromatic heterocycles. The topological polar surface area (TPSA) is 66.4 Å². The minimum Gasteiger partial charge on any atom is -0.359 e. The number of carbonyl (C=O) groups excluding carboxylic acids is 2. The first kappa shape index (κ1) is 24.9. The maximum absolute atomic E-state index is 15.2. The molecule has 198 valence electrons. The second-order valence-corrected chi connectivity index (χ2v) is 11.1. The van der Waals surface area contributed by atoms with Gasteiger partial charge in [-0.1, -0.05) is 48.6 Å². The number of halogens is 1. The van der Waals surface area contributed by atoms with E-state index in [0.29, 0.717) is 31.4 Å². The number of amides is 2. The van der Waals surface area contributed by atoms with Gasteiger partial charge in [0.25, 0.3) is 0 Å². The Labute approximate surface area is 222 Å². The summed E-state index contributed by atoms with van der Waals surface area (Å²) in [6, 6.07) is 15.5. The molecule has 2 N–H and O–H groups in total. The molecular weight excluding hydrogens is 479 g/mol. The smallest absolute Gasteiger partial charge is 0.227 e. The highest BCUT2D eigenvalue weighted by atomic mass is 19.1. The summed E-state index contributed by atoms with van der Waals surface area (Å²) in [5.74, 6) is -0.260. The van der Waals surface area contributed by atoms with Crippen LogP contribution >= 0.6 is 0 Å². The Morgan fingerprint density at radius 2 is 1.89 bits per heavy atom. The summed E-state index contributed by atoms with van der Waals surface area (Å²) in [7, 11) is 1.66. The molecule has 0 bridgehead atoms. The van der Waals surface area contributed by atoms with Gasteiger partial charge in [0.1, 0.15) is 5.82 Å². The van der Waals surface area contributed by atoms with Crippen LogP contribution in [0.5, 0.6) is 0 Å². The second-order valence-electron chi connectivity index (χ2n) is 11.1. The number of piperidine rings is 1. The van der Waals surface area contributed by atoms with Gasteiger partial charge in [-0.05, 0) is 55.0 Å². The summed E-state index contributed by atoms with van der Waals surface area (Å²) < 4.78 is 17.3. The predicted octanol–water partition coefficient (Wildman–Crippen LogP) is 4.24.